The fourth-order valence-electron chi connectivity index (χ4n) is 1.70. The molecule has 0 bridgehead atoms. The number of nitrogens with zero attached hydrogens (tertiary/aromatic N) is 1. The van der Waals surface area contributed by atoms with E-state index < -0.39 is 9.05 Å². The smallest absolute Gasteiger partial charge is 0.207 e. The van der Waals surface area contributed by atoms with Crippen molar-refractivity contribution in [2.75, 3.05) is 0 Å². The van der Waals surface area contributed by atoms with Gasteiger partial charge in [-0.25, -0.2) is 8.42 Å². The molecule has 2 rings (SSSR count). The maximum Gasteiger partial charge on any atom is 0.261 e. The van der Waals surface area contributed by atoms with Gasteiger partial charge in [-0.2, -0.15) is 5.26 Å². The fourth-order valence-corrected chi connectivity index (χ4v) is 3.01. The first kappa shape index (κ1) is 13.9. The Labute approximate surface area is 120 Å². The van der Waals surface area contributed by atoms with Gasteiger partial charge in [-0.15, -0.1) is 0 Å². The molecule has 0 aromatic heterocycles. The summed E-state index contributed by atoms with van der Waals surface area (Å²) < 4.78 is 23.2. The Morgan fingerprint density at radius 1 is 1.05 bits per heavy atom. The summed E-state index contributed by atoms with van der Waals surface area (Å²) in [7, 11) is 1.49. The van der Waals surface area contributed by atoms with Crippen LogP contribution in [0.25, 0.3) is 11.1 Å². The number of halogens is 2. The molecule has 0 aliphatic rings. The van der Waals surface area contributed by atoms with E-state index in [1.807, 2.05) is 6.07 Å². The van der Waals surface area contributed by atoms with E-state index in [4.69, 9.17) is 27.5 Å². The van der Waals surface area contributed by atoms with Crippen molar-refractivity contribution in [3.63, 3.8) is 0 Å². The van der Waals surface area contributed by atoms with Gasteiger partial charge in [0.15, 0.2) is 0 Å². The molecule has 0 radical (unpaired) electrons. The van der Waals surface area contributed by atoms with Gasteiger partial charge >= 0.3 is 0 Å². The quantitative estimate of drug-likeness (QED) is 0.792. The number of hydrogen-bond acceptors (Lipinski definition) is 3. The summed E-state index contributed by atoms with van der Waals surface area (Å²) in [6, 6.07) is 12.9. The lowest BCUT2D eigenvalue weighted by atomic mass is 10.0. The SMILES string of the molecule is N#Cc1ccc(S(=O)(=O)Cl)c(-c2ccccc2Cl)c1. The molecular formula is C13H7Cl2NO2S. The van der Waals surface area contributed by atoms with Gasteiger partial charge in [0, 0.05) is 26.8 Å². The molecule has 0 saturated carbocycles. The Bertz CT molecular complexity index is 779. The van der Waals surface area contributed by atoms with Crippen LogP contribution in [0.5, 0.6) is 0 Å². The number of nitriles is 1. The molecule has 2 aromatic rings. The Morgan fingerprint density at radius 2 is 1.74 bits per heavy atom. The number of hydrogen-bond donors (Lipinski definition) is 0. The van der Waals surface area contributed by atoms with Crippen LogP contribution in [-0.4, -0.2) is 8.42 Å². The Morgan fingerprint density at radius 3 is 2.32 bits per heavy atom. The van der Waals surface area contributed by atoms with E-state index in [0.29, 0.717) is 21.7 Å². The molecule has 0 amide bonds. The lowest BCUT2D eigenvalue weighted by Crippen LogP contribution is -1.96. The van der Waals surface area contributed by atoms with Crippen LogP contribution in [0, 0.1) is 11.3 Å². The molecule has 3 nitrogen and oxygen atoms in total. The van der Waals surface area contributed by atoms with Crippen molar-refractivity contribution < 1.29 is 8.42 Å². The Hall–Kier alpha value is -1.54. The van der Waals surface area contributed by atoms with Gasteiger partial charge in [0.2, 0.25) is 0 Å². The van der Waals surface area contributed by atoms with Crippen LogP contribution in [0.1, 0.15) is 5.56 Å². The molecule has 0 spiro atoms. The first-order valence-corrected chi connectivity index (χ1v) is 7.86. The Kier molecular flexibility index (Phi) is 3.81. The summed E-state index contributed by atoms with van der Waals surface area (Å²) in [6.07, 6.45) is 0. The van der Waals surface area contributed by atoms with Crippen molar-refractivity contribution in [1.82, 2.24) is 0 Å². The maximum absolute atomic E-state index is 11.6. The van der Waals surface area contributed by atoms with Crippen molar-refractivity contribution in [2.45, 2.75) is 4.90 Å². The Balaban J connectivity index is 2.82. The molecule has 0 N–H and O–H groups in total. The molecule has 0 aliphatic heterocycles. The summed E-state index contributed by atoms with van der Waals surface area (Å²) >= 11 is 6.06. The zero-order valence-electron chi connectivity index (χ0n) is 9.47. The molecule has 2 aromatic carbocycles. The molecule has 6 heteroatoms. The lowest BCUT2D eigenvalue weighted by Gasteiger charge is -2.09. The van der Waals surface area contributed by atoms with Crippen molar-refractivity contribution in [2.24, 2.45) is 0 Å². The first-order chi connectivity index (χ1) is 8.93. The minimum absolute atomic E-state index is 0.0683. The summed E-state index contributed by atoms with van der Waals surface area (Å²) in [5.74, 6) is 0. The highest BCUT2D eigenvalue weighted by atomic mass is 35.7. The molecule has 0 heterocycles. The molecule has 19 heavy (non-hydrogen) atoms. The van der Waals surface area contributed by atoms with E-state index in [1.165, 1.54) is 18.2 Å². The third-order valence-corrected chi connectivity index (χ3v) is 4.25. The molecule has 96 valence electrons. The third kappa shape index (κ3) is 2.90. The van der Waals surface area contributed by atoms with Crippen molar-refractivity contribution in [3.8, 4) is 17.2 Å². The van der Waals surface area contributed by atoms with E-state index in [1.54, 1.807) is 24.3 Å². The fraction of sp³-hybridized carbons (Fsp3) is 0. The van der Waals surface area contributed by atoms with Crippen LogP contribution in [0.4, 0.5) is 0 Å². The highest BCUT2D eigenvalue weighted by Gasteiger charge is 2.18. The van der Waals surface area contributed by atoms with Crippen LogP contribution in [0.3, 0.4) is 0 Å². The van der Waals surface area contributed by atoms with E-state index in [9.17, 15) is 8.42 Å². The average molecular weight is 312 g/mol. The van der Waals surface area contributed by atoms with Crippen LogP contribution in [0.15, 0.2) is 47.4 Å². The highest BCUT2D eigenvalue weighted by Crippen LogP contribution is 2.34. The largest absolute Gasteiger partial charge is 0.261 e. The topological polar surface area (TPSA) is 57.9 Å². The van der Waals surface area contributed by atoms with Gasteiger partial charge in [0.1, 0.15) is 0 Å². The van der Waals surface area contributed by atoms with E-state index >= 15 is 0 Å². The summed E-state index contributed by atoms with van der Waals surface area (Å²) in [6.45, 7) is 0. The second-order valence-electron chi connectivity index (χ2n) is 3.74. The van der Waals surface area contributed by atoms with Crippen LogP contribution < -0.4 is 0 Å². The average Bonchev–Trinajstić information content (AvgIpc) is 2.37. The zero-order chi connectivity index (χ0) is 14.0. The predicted molar refractivity (Wildman–Crippen MR) is 74.6 cm³/mol. The monoisotopic (exact) mass is 311 g/mol. The predicted octanol–water partition coefficient (Wildman–Crippen LogP) is 3.81. The van der Waals surface area contributed by atoms with Crippen LogP contribution in [-0.2, 0) is 9.05 Å². The third-order valence-electron chi connectivity index (χ3n) is 2.54. The standard InChI is InChI=1S/C13H7Cl2NO2S/c14-12-4-2-1-3-10(12)11-7-9(8-16)5-6-13(11)19(15,17)18/h1-7H. The summed E-state index contributed by atoms with van der Waals surface area (Å²) in [5, 5.41) is 9.29. The van der Waals surface area contributed by atoms with Crippen molar-refractivity contribution in [3.05, 3.63) is 53.1 Å². The van der Waals surface area contributed by atoms with Gasteiger partial charge in [0.25, 0.3) is 9.05 Å². The molecule has 0 saturated heterocycles. The normalized spacial score (nSPS) is 11.0. The van der Waals surface area contributed by atoms with E-state index in [0.717, 1.165) is 0 Å². The molecule has 0 aliphatic carbocycles. The van der Waals surface area contributed by atoms with Gasteiger partial charge in [-0.3, -0.25) is 0 Å². The first-order valence-electron chi connectivity index (χ1n) is 5.17. The second-order valence-corrected chi connectivity index (χ2v) is 6.68. The van der Waals surface area contributed by atoms with Crippen molar-refractivity contribution >= 4 is 31.3 Å². The summed E-state index contributed by atoms with van der Waals surface area (Å²) in [4.78, 5) is -0.0683. The minimum atomic E-state index is -3.92. The van der Waals surface area contributed by atoms with Crippen LogP contribution in [0.2, 0.25) is 5.02 Å². The van der Waals surface area contributed by atoms with Gasteiger partial charge in [-0.05, 0) is 24.3 Å². The maximum atomic E-state index is 11.6. The highest BCUT2D eigenvalue weighted by molar-refractivity contribution is 8.13. The molecule has 0 unspecified atom stereocenters. The minimum Gasteiger partial charge on any atom is -0.207 e. The van der Waals surface area contributed by atoms with E-state index in [2.05, 4.69) is 0 Å². The van der Waals surface area contributed by atoms with Gasteiger partial charge in [-0.1, -0.05) is 29.8 Å². The second kappa shape index (κ2) is 5.22. The van der Waals surface area contributed by atoms with Crippen molar-refractivity contribution in [1.29, 1.82) is 5.26 Å². The molecular weight excluding hydrogens is 305 g/mol. The number of benzene rings is 2. The molecule has 0 atom stereocenters. The lowest BCUT2D eigenvalue weighted by molar-refractivity contribution is 0.610. The van der Waals surface area contributed by atoms with Gasteiger partial charge in [0.05, 0.1) is 16.5 Å². The van der Waals surface area contributed by atoms with E-state index in [-0.39, 0.29) is 4.90 Å². The van der Waals surface area contributed by atoms with Crippen LogP contribution >= 0.6 is 22.3 Å². The summed E-state index contributed by atoms with van der Waals surface area (Å²) in [5.41, 5.74) is 1.17. The molecule has 0 fully saturated rings. The number of rotatable bonds is 2. The zero-order valence-corrected chi connectivity index (χ0v) is 11.8. The van der Waals surface area contributed by atoms with Gasteiger partial charge < -0.3 is 0 Å².